The van der Waals surface area contributed by atoms with Crippen LogP contribution in [0.3, 0.4) is 0 Å². The molecule has 0 bridgehead atoms. The Morgan fingerprint density at radius 2 is 1.14 bits per heavy atom. The largest absolute Gasteiger partial charge is 0.375 e. The molecule has 2 saturated heterocycles. The summed E-state index contributed by atoms with van der Waals surface area (Å²) in [6.07, 6.45) is 0.754. The maximum absolute atomic E-state index is 5.90. The van der Waals surface area contributed by atoms with Gasteiger partial charge in [0.1, 0.15) is 0 Å². The third-order valence-electron chi connectivity index (χ3n) is 3.84. The first-order valence-electron chi connectivity index (χ1n) is 5.84. The maximum Gasteiger partial charge on any atom is 0.0893 e. The molecule has 0 radical (unpaired) electrons. The Hall–Kier alpha value is -0.0800. The maximum atomic E-state index is 5.90. The Bertz CT molecular complexity index is 178. The van der Waals surface area contributed by atoms with E-state index in [4.69, 9.17) is 9.47 Å². The van der Waals surface area contributed by atoms with Crippen LogP contribution in [0.25, 0.3) is 0 Å². The smallest absolute Gasteiger partial charge is 0.0893 e. The highest BCUT2D eigenvalue weighted by Crippen LogP contribution is 2.40. The molecule has 2 fully saturated rings. The third kappa shape index (κ3) is 1.59. The molecule has 0 aromatic heterocycles. The molecule has 2 unspecified atom stereocenters. The van der Waals surface area contributed by atoms with Crippen molar-refractivity contribution < 1.29 is 9.47 Å². The van der Waals surface area contributed by atoms with Crippen molar-refractivity contribution in [2.24, 2.45) is 23.7 Å². The molecule has 0 saturated carbocycles. The van der Waals surface area contributed by atoms with Gasteiger partial charge in [0, 0.05) is 11.8 Å². The minimum Gasteiger partial charge on any atom is -0.375 e. The lowest BCUT2D eigenvalue weighted by atomic mass is 9.85. The van der Waals surface area contributed by atoms with Gasteiger partial charge in [0.2, 0.25) is 0 Å². The van der Waals surface area contributed by atoms with Crippen LogP contribution in [0.4, 0.5) is 0 Å². The highest BCUT2D eigenvalue weighted by molar-refractivity contribution is 4.95. The predicted molar refractivity (Wildman–Crippen MR) is 56.1 cm³/mol. The summed E-state index contributed by atoms with van der Waals surface area (Å²) < 4.78 is 11.8. The first kappa shape index (κ1) is 10.4. The van der Waals surface area contributed by atoms with E-state index in [9.17, 15) is 0 Å². The zero-order chi connectivity index (χ0) is 10.3. The summed E-state index contributed by atoms with van der Waals surface area (Å²) in [5.41, 5.74) is 0. The van der Waals surface area contributed by atoms with Gasteiger partial charge in [-0.2, -0.15) is 0 Å². The molecule has 14 heavy (non-hydrogen) atoms. The average molecular weight is 198 g/mol. The second-order valence-corrected chi connectivity index (χ2v) is 5.41. The lowest BCUT2D eigenvalue weighted by molar-refractivity contribution is 0.0537. The number of hydrogen-bond donors (Lipinski definition) is 0. The molecule has 0 aromatic rings. The van der Waals surface area contributed by atoms with Crippen LogP contribution in [0.5, 0.6) is 0 Å². The van der Waals surface area contributed by atoms with Crippen molar-refractivity contribution in [3.8, 4) is 0 Å². The molecule has 2 rings (SSSR count). The number of hydrogen-bond acceptors (Lipinski definition) is 2. The van der Waals surface area contributed by atoms with Crippen molar-refractivity contribution in [3.63, 3.8) is 0 Å². The van der Waals surface area contributed by atoms with E-state index in [0.717, 1.165) is 13.2 Å². The van der Waals surface area contributed by atoms with Crippen LogP contribution < -0.4 is 0 Å². The predicted octanol–water partition coefficient (Wildman–Crippen LogP) is 2.33. The summed E-state index contributed by atoms with van der Waals surface area (Å²) in [6.45, 7) is 10.9. The molecule has 0 spiro atoms. The van der Waals surface area contributed by atoms with Gasteiger partial charge in [-0.1, -0.05) is 27.7 Å². The molecule has 4 atom stereocenters. The minimum absolute atomic E-state index is 0.377. The molecule has 82 valence electrons. The van der Waals surface area contributed by atoms with E-state index in [1.807, 2.05) is 0 Å². The Morgan fingerprint density at radius 1 is 0.786 bits per heavy atom. The van der Waals surface area contributed by atoms with Gasteiger partial charge in [-0.25, -0.2) is 0 Å². The molecule has 2 aliphatic rings. The van der Waals surface area contributed by atoms with Crippen LogP contribution >= 0.6 is 0 Å². The van der Waals surface area contributed by atoms with Crippen LogP contribution in [0.2, 0.25) is 0 Å². The fourth-order valence-corrected chi connectivity index (χ4v) is 2.70. The summed E-state index contributed by atoms with van der Waals surface area (Å²) >= 11 is 0. The van der Waals surface area contributed by atoms with Crippen LogP contribution in [0.15, 0.2) is 0 Å². The number of fused-ring (bicyclic) bond motifs is 1. The summed E-state index contributed by atoms with van der Waals surface area (Å²) in [4.78, 5) is 0. The van der Waals surface area contributed by atoms with Crippen molar-refractivity contribution in [2.45, 2.75) is 39.9 Å². The van der Waals surface area contributed by atoms with Gasteiger partial charge in [-0.15, -0.1) is 0 Å². The van der Waals surface area contributed by atoms with Gasteiger partial charge in [0.15, 0.2) is 0 Å². The highest BCUT2D eigenvalue weighted by Gasteiger charge is 2.48. The van der Waals surface area contributed by atoms with E-state index in [0.29, 0.717) is 35.9 Å². The van der Waals surface area contributed by atoms with Crippen molar-refractivity contribution in [1.82, 2.24) is 0 Å². The Balaban J connectivity index is 2.04. The number of rotatable bonds is 2. The zero-order valence-corrected chi connectivity index (χ0v) is 9.69. The zero-order valence-electron chi connectivity index (χ0n) is 9.69. The van der Waals surface area contributed by atoms with Gasteiger partial charge in [-0.05, 0) is 11.8 Å². The first-order valence-corrected chi connectivity index (χ1v) is 5.84. The molecule has 2 aliphatic heterocycles. The van der Waals surface area contributed by atoms with Crippen LogP contribution in [0.1, 0.15) is 27.7 Å². The van der Waals surface area contributed by atoms with Crippen molar-refractivity contribution in [2.75, 3.05) is 13.2 Å². The van der Waals surface area contributed by atoms with Crippen LogP contribution in [-0.4, -0.2) is 25.4 Å². The van der Waals surface area contributed by atoms with Crippen LogP contribution in [0, 0.1) is 23.7 Å². The monoisotopic (exact) mass is 198 g/mol. The van der Waals surface area contributed by atoms with Crippen molar-refractivity contribution >= 4 is 0 Å². The second kappa shape index (κ2) is 3.82. The van der Waals surface area contributed by atoms with E-state index >= 15 is 0 Å². The lowest BCUT2D eigenvalue weighted by Crippen LogP contribution is -2.30. The summed E-state index contributed by atoms with van der Waals surface area (Å²) in [7, 11) is 0. The Kier molecular flexibility index (Phi) is 2.85. The van der Waals surface area contributed by atoms with E-state index < -0.39 is 0 Å². The second-order valence-electron chi connectivity index (χ2n) is 5.41. The quantitative estimate of drug-likeness (QED) is 0.678. The molecule has 0 amide bonds. The molecule has 0 N–H and O–H groups in total. The first-order chi connectivity index (χ1) is 6.61. The van der Waals surface area contributed by atoms with Gasteiger partial charge in [0.05, 0.1) is 25.4 Å². The topological polar surface area (TPSA) is 18.5 Å². The van der Waals surface area contributed by atoms with E-state index in [2.05, 4.69) is 27.7 Å². The molecule has 0 aliphatic carbocycles. The standard InChI is InChI=1S/C12H22O2/c1-7(2)9-5-13-12-10(8(3)4)6-14-11(9)12/h7-12H,5-6H2,1-4H3/t9-,10-,11?,12?/m0/s1. The highest BCUT2D eigenvalue weighted by atomic mass is 16.6. The van der Waals surface area contributed by atoms with Crippen molar-refractivity contribution in [3.05, 3.63) is 0 Å². The normalized spacial score (nSPS) is 42.4. The molecule has 0 aromatic carbocycles. The molecule has 2 nitrogen and oxygen atoms in total. The van der Waals surface area contributed by atoms with Crippen LogP contribution in [-0.2, 0) is 9.47 Å². The van der Waals surface area contributed by atoms with Gasteiger partial charge >= 0.3 is 0 Å². The minimum atomic E-state index is 0.377. The Morgan fingerprint density at radius 3 is 1.43 bits per heavy atom. The fourth-order valence-electron chi connectivity index (χ4n) is 2.70. The summed E-state index contributed by atoms with van der Waals surface area (Å²) in [6, 6.07) is 0. The van der Waals surface area contributed by atoms with Gasteiger partial charge in [-0.3, -0.25) is 0 Å². The molecule has 2 heteroatoms. The van der Waals surface area contributed by atoms with Crippen molar-refractivity contribution in [1.29, 1.82) is 0 Å². The van der Waals surface area contributed by atoms with Gasteiger partial charge in [0.25, 0.3) is 0 Å². The number of ether oxygens (including phenoxy) is 2. The lowest BCUT2D eigenvalue weighted by Gasteiger charge is -2.20. The van der Waals surface area contributed by atoms with E-state index in [1.165, 1.54) is 0 Å². The average Bonchev–Trinajstić information content (AvgIpc) is 2.59. The SMILES string of the molecule is CC(C)[C@@H]1COC2C1OC[C@H]2C(C)C. The Labute approximate surface area is 87.0 Å². The molecular weight excluding hydrogens is 176 g/mol. The van der Waals surface area contributed by atoms with E-state index in [-0.39, 0.29) is 0 Å². The summed E-state index contributed by atoms with van der Waals surface area (Å²) in [5.74, 6) is 2.58. The molecular formula is C12H22O2. The fraction of sp³-hybridized carbons (Fsp3) is 1.00. The summed E-state index contributed by atoms with van der Waals surface area (Å²) in [5, 5.41) is 0. The third-order valence-corrected chi connectivity index (χ3v) is 3.84. The molecule has 2 heterocycles. The van der Waals surface area contributed by atoms with Gasteiger partial charge < -0.3 is 9.47 Å². The van der Waals surface area contributed by atoms with E-state index in [1.54, 1.807) is 0 Å².